The average Bonchev–Trinajstić information content (AvgIpc) is 2.04. The molecule has 0 saturated carbocycles. The second kappa shape index (κ2) is 6.78. The monoisotopic (exact) mass is 172 g/mol. The van der Waals surface area contributed by atoms with Gasteiger partial charge in [-0.2, -0.15) is 11.8 Å². The molecule has 0 aliphatic heterocycles. The maximum atomic E-state index is 3.98. The highest BCUT2D eigenvalue weighted by Gasteiger charge is 1.98. The predicted octanol–water partition coefficient (Wildman–Crippen LogP) is 3.73. The van der Waals surface area contributed by atoms with Crippen molar-refractivity contribution in [3.05, 3.63) is 12.2 Å². The average molecular weight is 172 g/mol. The first kappa shape index (κ1) is 11.1. The summed E-state index contributed by atoms with van der Waals surface area (Å²) in [5, 5.41) is 0. The van der Waals surface area contributed by atoms with Gasteiger partial charge >= 0.3 is 0 Å². The predicted molar refractivity (Wildman–Crippen MR) is 56.2 cm³/mol. The van der Waals surface area contributed by atoms with Crippen LogP contribution in [0.1, 0.15) is 33.6 Å². The van der Waals surface area contributed by atoms with Crippen molar-refractivity contribution in [2.75, 3.05) is 11.5 Å². The van der Waals surface area contributed by atoms with Crippen molar-refractivity contribution in [1.29, 1.82) is 0 Å². The molecule has 0 nitrogen and oxygen atoms in total. The highest BCUT2D eigenvalue weighted by Crippen LogP contribution is 2.14. The van der Waals surface area contributed by atoms with Gasteiger partial charge in [0.15, 0.2) is 0 Å². The van der Waals surface area contributed by atoms with E-state index in [4.69, 9.17) is 0 Å². The zero-order valence-corrected chi connectivity index (χ0v) is 8.84. The van der Waals surface area contributed by atoms with Crippen molar-refractivity contribution in [3.8, 4) is 0 Å². The first-order valence-electron chi connectivity index (χ1n) is 4.45. The molecule has 1 heteroatoms. The quantitative estimate of drug-likeness (QED) is 0.550. The molecule has 66 valence electrons. The smallest absolute Gasteiger partial charge is 0.0140 e. The molecule has 0 spiro atoms. The normalized spacial score (nSPS) is 13.0. The molecule has 0 rings (SSSR count). The molecule has 0 heterocycles. The molecule has 0 radical (unpaired) electrons. The van der Waals surface area contributed by atoms with Crippen LogP contribution >= 0.6 is 11.8 Å². The standard InChI is InChI=1S/C10H20S/c1-5-9(3)7-11-8-10(4)6-2/h10H,3,5-8H2,1-2,4H3. The third-order valence-corrected chi connectivity index (χ3v) is 3.32. The minimum atomic E-state index is 0.865. The van der Waals surface area contributed by atoms with E-state index in [2.05, 4.69) is 27.4 Å². The maximum Gasteiger partial charge on any atom is 0.0140 e. The molecule has 0 N–H and O–H groups in total. The molecule has 11 heavy (non-hydrogen) atoms. The van der Waals surface area contributed by atoms with Crippen molar-refractivity contribution >= 4 is 11.8 Å². The second-order valence-corrected chi connectivity index (χ2v) is 4.16. The Balaban J connectivity index is 3.20. The number of hydrogen-bond donors (Lipinski definition) is 0. The largest absolute Gasteiger partial charge is 0.157 e. The lowest BCUT2D eigenvalue weighted by molar-refractivity contribution is 0.637. The fourth-order valence-corrected chi connectivity index (χ4v) is 1.87. The third kappa shape index (κ3) is 6.49. The summed E-state index contributed by atoms with van der Waals surface area (Å²) in [6.07, 6.45) is 2.43. The number of hydrogen-bond acceptors (Lipinski definition) is 1. The first-order chi connectivity index (χ1) is 5.20. The van der Waals surface area contributed by atoms with E-state index in [1.165, 1.54) is 17.7 Å². The Labute approximate surface area is 75.5 Å². The summed E-state index contributed by atoms with van der Waals surface area (Å²) in [6.45, 7) is 10.7. The Morgan fingerprint density at radius 1 is 1.45 bits per heavy atom. The lowest BCUT2D eigenvalue weighted by Gasteiger charge is -2.07. The van der Waals surface area contributed by atoms with Gasteiger partial charge in [-0.1, -0.05) is 39.3 Å². The summed E-state index contributed by atoms with van der Waals surface area (Å²) in [5.41, 5.74) is 1.37. The van der Waals surface area contributed by atoms with Crippen LogP contribution in [0.25, 0.3) is 0 Å². The van der Waals surface area contributed by atoms with E-state index in [0.29, 0.717) is 0 Å². The Morgan fingerprint density at radius 3 is 2.55 bits per heavy atom. The SMILES string of the molecule is C=C(CC)CSCC(C)CC. The second-order valence-electron chi connectivity index (χ2n) is 3.13. The van der Waals surface area contributed by atoms with Crippen LogP contribution in [0.5, 0.6) is 0 Å². The van der Waals surface area contributed by atoms with Gasteiger partial charge in [0.05, 0.1) is 0 Å². The minimum absolute atomic E-state index is 0.865. The van der Waals surface area contributed by atoms with Crippen LogP contribution in [0.15, 0.2) is 12.2 Å². The van der Waals surface area contributed by atoms with Gasteiger partial charge in [0.1, 0.15) is 0 Å². The van der Waals surface area contributed by atoms with E-state index in [-0.39, 0.29) is 0 Å². The summed E-state index contributed by atoms with van der Waals surface area (Å²) < 4.78 is 0. The van der Waals surface area contributed by atoms with Gasteiger partial charge in [0, 0.05) is 5.75 Å². The molecule has 0 aliphatic carbocycles. The van der Waals surface area contributed by atoms with Gasteiger partial charge in [-0.3, -0.25) is 0 Å². The van der Waals surface area contributed by atoms with Crippen LogP contribution in [0.2, 0.25) is 0 Å². The summed E-state index contributed by atoms with van der Waals surface area (Å²) in [7, 11) is 0. The van der Waals surface area contributed by atoms with Crippen molar-refractivity contribution in [2.45, 2.75) is 33.6 Å². The van der Waals surface area contributed by atoms with Gasteiger partial charge in [0.25, 0.3) is 0 Å². The molecule has 0 fully saturated rings. The van der Waals surface area contributed by atoms with Crippen LogP contribution in [0.4, 0.5) is 0 Å². The fraction of sp³-hybridized carbons (Fsp3) is 0.800. The fourth-order valence-electron chi connectivity index (χ4n) is 0.624. The molecule has 1 unspecified atom stereocenters. The van der Waals surface area contributed by atoms with Gasteiger partial charge in [0.2, 0.25) is 0 Å². The Morgan fingerprint density at radius 2 is 2.09 bits per heavy atom. The summed E-state index contributed by atoms with van der Waals surface area (Å²) in [6, 6.07) is 0. The van der Waals surface area contributed by atoms with Crippen LogP contribution in [0, 0.1) is 5.92 Å². The van der Waals surface area contributed by atoms with E-state index in [0.717, 1.165) is 18.1 Å². The molecule has 0 aromatic carbocycles. The zero-order valence-electron chi connectivity index (χ0n) is 8.02. The molecule has 1 atom stereocenters. The van der Waals surface area contributed by atoms with E-state index in [9.17, 15) is 0 Å². The Bertz CT molecular complexity index is 107. The molecule has 0 bridgehead atoms. The summed E-state index contributed by atoms with van der Waals surface area (Å²) in [4.78, 5) is 0. The van der Waals surface area contributed by atoms with E-state index < -0.39 is 0 Å². The molecule has 0 amide bonds. The van der Waals surface area contributed by atoms with Crippen molar-refractivity contribution in [1.82, 2.24) is 0 Å². The zero-order chi connectivity index (χ0) is 8.69. The third-order valence-electron chi connectivity index (χ3n) is 1.91. The van der Waals surface area contributed by atoms with Crippen molar-refractivity contribution in [2.24, 2.45) is 5.92 Å². The molecular formula is C10H20S. The summed E-state index contributed by atoms with van der Waals surface area (Å²) in [5.74, 6) is 3.31. The van der Waals surface area contributed by atoms with Crippen molar-refractivity contribution < 1.29 is 0 Å². The highest BCUT2D eigenvalue weighted by molar-refractivity contribution is 7.99. The molecule has 0 aromatic rings. The topological polar surface area (TPSA) is 0 Å². The van der Waals surface area contributed by atoms with Gasteiger partial charge in [-0.15, -0.1) is 0 Å². The van der Waals surface area contributed by atoms with Gasteiger partial charge in [-0.25, -0.2) is 0 Å². The van der Waals surface area contributed by atoms with Gasteiger partial charge in [-0.05, 0) is 18.1 Å². The van der Waals surface area contributed by atoms with Crippen LogP contribution in [0.3, 0.4) is 0 Å². The number of rotatable bonds is 6. The van der Waals surface area contributed by atoms with E-state index in [1.807, 2.05) is 11.8 Å². The summed E-state index contributed by atoms with van der Waals surface area (Å²) >= 11 is 2.02. The molecule has 0 aliphatic rings. The molecular weight excluding hydrogens is 152 g/mol. The van der Waals surface area contributed by atoms with Crippen LogP contribution in [-0.2, 0) is 0 Å². The highest BCUT2D eigenvalue weighted by atomic mass is 32.2. The lowest BCUT2D eigenvalue weighted by atomic mass is 10.2. The number of thioether (sulfide) groups is 1. The van der Waals surface area contributed by atoms with Crippen LogP contribution in [-0.4, -0.2) is 11.5 Å². The molecule has 0 saturated heterocycles. The molecule has 0 aromatic heterocycles. The van der Waals surface area contributed by atoms with E-state index in [1.54, 1.807) is 0 Å². The van der Waals surface area contributed by atoms with Gasteiger partial charge < -0.3 is 0 Å². The Kier molecular flexibility index (Phi) is 6.83. The lowest BCUT2D eigenvalue weighted by Crippen LogP contribution is -1.97. The van der Waals surface area contributed by atoms with Crippen molar-refractivity contribution in [3.63, 3.8) is 0 Å². The van der Waals surface area contributed by atoms with E-state index >= 15 is 0 Å². The Hall–Kier alpha value is 0.0900. The van der Waals surface area contributed by atoms with Crippen LogP contribution < -0.4 is 0 Å². The minimum Gasteiger partial charge on any atom is -0.157 e. The first-order valence-corrected chi connectivity index (χ1v) is 5.60. The maximum absolute atomic E-state index is 3.98.